The van der Waals surface area contributed by atoms with Gasteiger partial charge in [-0.15, -0.1) is 10.2 Å². The highest BCUT2D eigenvalue weighted by atomic mass is 32.2. The molecule has 2 aromatic carbocycles. The van der Waals surface area contributed by atoms with E-state index < -0.39 is 0 Å². The van der Waals surface area contributed by atoms with Gasteiger partial charge in [-0.25, -0.2) is 4.39 Å². The van der Waals surface area contributed by atoms with Gasteiger partial charge in [-0.3, -0.25) is 4.57 Å². The molecule has 0 aliphatic heterocycles. The van der Waals surface area contributed by atoms with Gasteiger partial charge in [0.15, 0.2) is 11.0 Å². The molecule has 3 rings (SSSR count). The maximum Gasteiger partial charge on any atom is 0.196 e. The summed E-state index contributed by atoms with van der Waals surface area (Å²) in [6.45, 7) is 4.33. The molecular formula is C18H18FN3OS. The van der Waals surface area contributed by atoms with E-state index in [4.69, 9.17) is 4.74 Å². The summed E-state index contributed by atoms with van der Waals surface area (Å²) >= 11 is 1.54. The van der Waals surface area contributed by atoms with Crippen molar-refractivity contribution in [3.8, 4) is 11.4 Å². The number of hydrogen-bond donors (Lipinski definition) is 0. The number of rotatable bonds is 6. The lowest BCUT2D eigenvalue weighted by Gasteiger charge is -2.12. The topological polar surface area (TPSA) is 39.9 Å². The number of aromatic nitrogens is 3. The van der Waals surface area contributed by atoms with E-state index in [1.54, 1.807) is 22.8 Å². The van der Waals surface area contributed by atoms with Crippen LogP contribution in [0.2, 0.25) is 0 Å². The van der Waals surface area contributed by atoms with E-state index in [-0.39, 0.29) is 12.4 Å². The first kappa shape index (κ1) is 16.5. The molecule has 0 bridgehead atoms. The fraction of sp³-hybridized carbons (Fsp3) is 0.222. The highest BCUT2D eigenvalue weighted by molar-refractivity contribution is 7.99. The third-order valence-electron chi connectivity index (χ3n) is 3.25. The molecule has 0 aliphatic carbocycles. The van der Waals surface area contributed by atoms with Gasteiger partial charge in [-0.1, -0.05) is 55.9 Å². The molecule has 3 aromatic rings. The van der Waals surface area contributed by atoms with Crippen LogP contribution < -0.4 is 4.74 Å². The number of para-hydroxylation sites is 2. The molecule has 0 unspecified atom stereocenters. The van der Waals surface area contributed by atoms with Gasteiger partial charge in [0.25, 0.3) is 0 Å². The summed E-state index contributed by atoms with van der Waals surface area (Å²) in [6.07, 6.45) is 0. The van der Waals surface area contributed by atoms with Crippen LogP contribution in [0.4, 0.5) is 4.39 Å². The Labute approximate surface area is 144 Å². The van der Waals surface area contributed by atoms with Gasteiger partial charge in [0, 0.05) is 5.25 Å². The molecule has 0 saturated heterocycles. The van der Waals surface area contributed by atoms with Crippen molar-refractivity contribution in [1.29, 1.82) is 0 Å². The Balaban J connectivity index is 1.94. The maximum atomic E-state index is 14.3. The van der Waals surface area contributed by atoms with Crippen LogP contribution in [0.5, 0.6) is 5.75 Å². The first-order valence-corrected chi connectivity index (χ1v) is 8.57. The molecule has 6 heteroatoms. The molecule has 0 fully saturated rings. The fourth-order valence-corrected chi connectivity index (χ4v) is 3.04. The predicted molar refractivity (Wildman–Crippen MR) is 93.1 cm³/mol. The molecule has 0 spiro atoms. The lowest BCUT2D eigenvalue weighted by molar-refractivity contribution is 0.292. The first-order chi connectivity index (χ1) is 11.6. The molecule has 0 radical (unpaired) electrons. The number of nitrogens with zero attached hydrogens (tertiary/aromatic N) is 3. The number of benzene rings is 2. The molecule has 0 N–H and O–H groups in total. The Morgan fingerprint density at radius 1 is 1.04 bits per heavy atom. The second kappa shape index (κ2) is 7.49. The molecule has 4 nitrogen and oxygen atoms in total. The minimum atomic E-state index is -0.316. The smallest absolute Gasteiger partial charge is 0.196 e. The lowest BCUT2D eigenvalue weighted by Crippen LogP contribution is -2.08. The average molecular weight is 343 g/mol. The van der Waals surface area contributed by atoms with Crippen molar-refractivity contribution in [2.24, 2.45) is 0 Å². The quantitative estimate of drug-likeness (QED) is 0.619. The van der Waals surface area contributed by atoms with Crippen molar-refractivity contribution in [1.82, 2.24) is 14.8 Å². The van der Waals surface area contributed by atoms with Gasteiger partial charge in [0.2, 0.25) is 0 Å². The first-order valence-electron chi connectivity index (χ1n) is 7.69. The van der Waals surface area contributed by atoms with E-state index >= 15 is 0 Å². The molecule has 0 aliphatic rings. The Bertz CT molecular complexity index is 805. The van der Waals surface area contributed by atoms with Crippen LogP contribution in [0.15, 0.2) is 59.8 Å². The normalized spacial score (nSPS) is 11.0. The Kier molecular flexibility index (Phi) is 5.15. The summed E-state index contributed by atoms with van der Waals surface area (Å²) in [5.41, 5.74) is 0.428. The van der Waals surface area contributed by atoms with Crippen LogP contribution in [-0.2, 0) is 6.61 Å². The van der Waals surface area contributed by atoms with Crippen LogP contribution in [0.1, 0.15) is 19.7 Å². The van der Waals surface area contributed by atoms with Crippen molar-refractivity contribution >= 4 is 11.8 Å². The molecule has 0 saturated carbocycles. The zero-order valence-corrected chi connectivity index (χ0v) is 14.3. The monoisotopic (exact) mass is 343 g/mol. The highest BCUT2D eigenvalue weighted by Gasteiger charge is 2.18. The summed E-state index contributed by atoms with van der Waals surface area (Å²) in [5, 5.41) is 9.38. The van der Waals surface area contributed by atoms with Crippen LogP contribution in [0.25, 0.3) is 5.69 Å². The second-order valence-corrected chi connectivity index (χ2v) is 7.00. The Morgan fingerprint density at radius 2 is 1.75 bits per heavy atom. The second-order valence-electron chi connectivity index (χ2n) is 5.45. The Hall–Kier alpha value is -2.34. The van der Waals surface area contributed by atoms with E-state index in [0.717, 1.165) is 5.75 Å². The molecule has 0 amide bonds. The van der Waals surface area contributed by atoms with Crippen LogP contribution in [-0.4, -0.2) is 20.0 Å². The van der Waals surface area contributed by atoms with Gasteiger partial charge in [-0.05, 0) is 24.3 Å². The van der Waals surface area contributed by atoms with E-state index in [9.17, 15) is 4.39 Å². The van der Waals surface area contributed by atoms with Gasteiger partial charge < -0.3 is 4.74 Å². The summed E-state index contributed by atoms with van der Waals surface area (Å²) in [6, 6.07) is 16.1. The molecule has 24 heavy (non-hydrogen) atoms. The van der Waals surface area contributed by atoms with Crippen molar-refractivity contribution in [2.75, 3.05) is 0 Å². The Morgan fingerprint density at radius 3 is 2.46 bits per heavy atom. The van der Waals surface area contributed by atoms with Crippen LogP contribution in [0, 0.1) is 5.82 Å². The number of hydrogen-bond acceptors (Lipinski definition) is 4. The van der Waals surface area contributed by atoms with Crippen molar-refractivity contribution in [3.63, 3.8) is 0 Å². The summed E-state index contributed by atoms with van der Waals surface area (Å²) in [4.78, 5) is 0. The summed E-state index contributed by atoms with van der Waals surface area (Å²) in [5.74, 6) is 0.981. The molecule has 0 atom stereocenters. The predicted octanol–water partition coefficient (Wildman–Crippen LogP) is 4.49. The van der Waals surface area contributed by atoms with Crippen molar-refractivity contribution < 1.29 is 9.13 Å². The maximum absolute atomic E-state index is 14.3. The van der Waals surface area contributed by atoms with Crippen LogP contribution in [0.3, 0.4) is 0 Å². The van der Waals surface area contributed by atoms with Gasteiger partial charge in [0.1, 0.15) is 18.2 Å². The van der Waals surface area contributed by atoms with E-state index in [1.165, 1.54) is 17.8 Å². The highest BCUT2D eigenvalue weighted by Crippen LogP contribution is 2.27. The average Bonchev–Trinajstić information content (AvgIpc) is 2.96. The lowest BCUT2D eigenvalue weighted by atomic mass is 10.3. The largest absolute Gasteiger partial charge is 0.486 e. The molecular weight excluding hydrogens is 325 g/mol. The van der Waals surface area contributed by atoms with Crippen LogP contribution >= 0.6 is 11.8 Å². The zero-order chi connectivity index (χ0) is 16.9. The standard InChI is InChI=1S/C18H18FN3OS/c1-13(2)24-18-21-20-17(12-23-14-8-4-3-5-9-14)22(18)16-11-7-6-10-15(16)19/h3-11,13H,12H2,1-2H3. The minimum absolute atomic E-state index is 0.212. The van der Waals surface area contributed by atoms with E-state index in [2.05, 4.69) is 24.0 Å². The van der Waals surface area contributed by atoms with E-state index in [1.807, 2.05) is 30.3 Å². The summed E-state index contributed by atoms with van der Waals surface area (Å²) < 4.78 is 21.8. The van der Waals surface area contributed by atoms with Gasteiger partial charge >= 0.3 is 0 Å². The minimum Gasteiger partial charge on any atom is -0.486 e. The molecule has 124 valence electrons. The van der Waals surface area contributed by atoms with E-state index in [0.29, 0.717) is 21.9 Å². The van der Waals surface area contributed by atoms with Gasteiger partial charge in [-0.2, -0.15) is 0 Å². The van der Waals surface area contributed by atoms with Gasteiger partial charge in [0.05, 0.1) is 5.69 Å². The third kappa shape index (κ3) is 3.76. The summed E-state index contributed by atoms with van der Waals surface area (Å²) in [7, 11) is 0. The number of thioether (sulfide) groups is 1. The number of ether oxygens (including phenoxy) is 1. The van der Waals surface area contributed by atoms with Crippen molar-refractivity contribution in [2.45, 2.75) is 30.9 Å². The van der Waals surface area contributed by atoms with Crippen molar-refractivity contribution in [3.05, 3.63) is 66.2 Å². The fourth-order valence-electron chi connectivity index (χ4n) is 2.22. The zero-order valence-electron chi connectivity index (χ0n) is 13.5. The third-order valence-corrected chi connectivity index (χ3v) is 4.19. The number of halogens is 1. The molecule has 1 aromatic heterocycles. The molecule has 1 heterocycles. The SMILES string of the molecule is CC(C)Sc1nnc(COc2ccccc2)n1-c1ccccc1F.